The van der Waals surface area contributed by atoms with Gasteiger partial charge in [0, 0.05) is 11.4 Å². The molecule has 0 aromatic carbocycles. The van der Waals surface area contributed by atoms with Crippen LogP contribution in [0.15, 0.2) is 12.1 Å². The van der Waals surface area contributed by atoms with Gasteiger partial charge in [0.05, 0.1) is 0 Å². The monoisotopic (exact) mass is 273 g/mol. The third kappa shape index (κ3) is 10.4. The van der Waals surface area contributed by atoms with Crippen molar-refractivity contribution in [3.63, 3.8) is 0 Å². The van der Waals surface area contributed by atoms with E-state index in [-0.39, 0.29) is 0 Å². The molecule has 0 saturated carbocycles. The molecule has 0 atom stereocenters. The Kier molecular flexibility index (Phi) is 6.15. The first-order valence-electron chi connectivity index (χ1n) is 3.86. The lowest BCUT2D eigenvalue weighted by molar-refractivity contribution is 1.10. The number of hydrogen-bond acceptors (Lipinski definition) is 1. The van der Waals surface area contributed by atoms with Crippen molar-refractivity contribution in [2.24, 2.45) is 0 Å². The van der Waals surface area contributed by atoms with Crippen LogP contribution in [-0.4, -0.2) is 8.24 Å². The van der Waals surface area contributed by atoms with Gasteiger partial charge in [0.1, 0.15) is 0 Å². The van der Waals surface area contributed by atoms with Crippen molar-refractivity contribution in [1.29, 1.82) is 0 Å². The van der Waals surface area contributed by atoms with Gasteiger partial charge in [-0.3, -0.25) is 4.98 Å². The van der Waals surface area contributed by atoms with E-state index in [1.807, 2.05) is 13.8 Å². The number of pyridine rings is 1. The normalized spacial score (nSPS) is 10.5. The summed E-state index contributed by atoms with van der Waals surface area (Å²) in [5.74, 6) is 0. The van der Waals surface area contributed by atoms with Crippen LogP contribution >= 0.6 is 46.4 Å². The van der Waals surface area contributed by atoms with Crippen LogP contribution in [0.3, 0.4) is 0 Å². The topological polar surface area (TPSA) is 12.9 Å². The fourth-order valence-corrected chi connectivity index (χ4v) is 1.04. The Bertz CT molecular complexity index is 237. The van der Waals surface area contributed by atoms with Gasteiger partial charge in [0.25, 0.3) is 3.25 Å². The second kappa shape index (κ2) is 6.02. The highest BCUT2D eigenvalue weighted by Gasteiger charge is 2.11. The third-order valence-electron chi connectivity index (χ3n) is 1.23. The standard InChI is InChI=1S/C8H11N.CCl4/c1-6-4-7(2)9-8(3)5-6;2-1(3,4)5/h4-5H,1-3H3;. The van der Waals surface area contributed by atoms with E-state index < -0.39 is 3.25 Å². The maximum Gasteiger partial charge on any atom is 0.266 e. The van der Waals surface area contributed by atoms with Gasteiger partial charge >= 0.3 is 0 Å². The van der Waals surface area contributed by atoms with Gasteiger partial charge in [-0.15, -0.1) is 0 Å². The minimum Gasteiger partial charge on any atom is -0.258 e. The van der Waals surface area contributed by atoms with Crippen LogP contribution in [0.25, 0.3) is 0 Å². The molecule has 1 nitrogen and oxygen atoms in total. The molecule has 5 heteroatoms. The maximum absolute atomic E-state index is 4.83. The van der Waals surface area contributed by atoms with Crippen molar-refractivity contribution in [2.75, 3.05) is 0 Å². The zero-order chi connectivity index (χ0) is 11.4. The molecule has 0 spiro atoms. The molecule has 0 aliphatic heterocycles. The van der Waals surface area contributed by atoms with Crippen molar-refractivity contribution >= 4 is 46.4 Å². The van der Waals surface area contributed by atoms with E-state index in [1.165, 1.54) is 5.56 Å². The zero-order valence-corrected chi connectivity index (χ0v) is 11.1. The molecule has 1 aromatic heterocycles. The van der Waals surface area contributed by atoms with E-state index >= 15 is 0 Å². The van der Waals surface area contributed by atoms with Gasteiger partial charge in [-0.25, -0.2) is 0 Å². The average molecular weight is 275 g/mol. The summed E-state index contributed by atoms with van der Waals surface area (Å²) in [7, 11) is 0. The van der Waals surface area contributed by atoms with E-state index in [2.05, 4.69) is 24.0 Å². The largest absolute Gasteiger partial charge is 0.266 e. The molecule has 14 heavy (non-hydrogen) atoms. The Morgan fingerprint density at radius 3 is 1.43 bits per heavy atom. The first kappa shape index (κ1) is 14.3. The molecule has 0 amide bonds. The summed E-state index contributed by atoms with van der Waals surface area (Å²) in [6, 6.07) is 4.15. The molecule has 1 rings (SSSR count). The summed E-state index contributed by atoms with van der Waals surface area (Å²) < 4.78 is -1.61. The molecule has 1 aromatic rings. The van der Waals surface area contributed by atoms with Crippen LogP contribution in [0, 0.1) is 20.8 Å². The first-order chi connectivity index (χ1) is 6.18. The molecule has 0 aliphatic rings. The van der Waals surface area contributed by atoms with Crippen molar-refractivity contribution in [3.05, 3.63) is 29.1 Å². The molecule has 0 bridgehead atoms. The van der Waals surface area contributed by atoms with Crippen LogP contribution < -0.4 is 0 Å². The average Bonchev–Trinajstić information content (AvgIpc) is 1.77. The Morgan fingerprint density at radius 1 is 0.929 bits per heavy atom. The van der Waals surface area contributed by atoms with Crippen LogP contribution in [0.2, 0.25) is 0 Å². The van der Waals surface area contributed by atoms with Crippen LogP contribution in [0.5, 0.6) is 0 Å². The summed E-state index contributed by atoms with van der Waals surface area (Å²) in [5, 5.41) is 0. The Hall–Kier alpha value is 0.310. The predicted molar refractivity (Wildman–Crippen MR) is 64.6 cm³/mol. The molecule has 0 aliphatic carbocycles. The minimum atomic E-state index is -1.61. The summed E-state index contributed by atoms with van der Waals surface area (Å²) >= 11 is 19.3. The van der Waals surface area contributed by atoms with E-state index in [9.17, 15) is 0 Å². The quantitative estimate of drug-likeness (QED) is 0.632. The van der Waals surface area contributed by atoms with Crippen molar-refractivity contribution < 1.29 is 0 Å². The minimum absolute atomic E-state index is 1.10. The fourth-order valence-electron chi connectivity index (χ4n) is 1.04. The van der Waals surface area contributed by atoms with E-state index in [0.29, 0.717) is 0 Å². The number of hydrogen-bond donors (Lipinski definition) is 0. The second-order valence-corrected chi connectivity index (χ2v) is 6.28. The van der Waals surface area contributed by atoms with Crippen LogP contribution in [-0.2, 0) is 0 Å². The second-order valence-electron chi connectivity index (χ2n) is 2.86. The molecule has 0 N–H and O–H groups in total. The first-order valence-corrected chi connectivity index (χ1v) is 5.37. The lowest BCUT2D eigenvalue weighted by atomic mass is 10.2. The molecule has 80 valence electrons. The number of nitrogens with zero attached hydrogens (tertiary/aromatic N) is 1. The van der Waals surface area contributed by atoms with E-state index in [4.69, 9.17) is 46.4 Å². The SMILES string of the molecule is Cc1cc(C)nc(C)c1.ClC(Cl)(Cl)Cl. The third-order valence-corrected chi connectivity index (χ3v) is 1.23. The molecule has 0 fully saturated rings. The molecule has 1 heterocycles. The van der Waals surface area contributed by atoms with Crippen LogP contribution in [0.1, 0.15) is 17.0 Å². The summed E-state index contributed by atoms with van der Waals surface area (Å²) in [6.07, 6.45) is 0. The van der Waals surface area contributed by atoms with Crippen molar-refractivity contribution in [1.82, 2.24) is 4.98 Å². The predicted octanol–water partition coefficient (Wildman–Crippen LogP) is 4.56. The summed E-state index contributed by atoms with van der Waals surface area (Å²) in [6.45, 7) is 6.11. The lowest BCUT2D eigenvalue weighted by Gasteiger charge is -1.96. The van der Waals surface area contributed by atoms with Gasteiger partial charge in [0.15, 0.2) is 0 Å². The molecular weight excluding hydrogens is 264 g/mol. The van der Waals surface area contributed by atoms with Gasteiger partial charge in [0.2, 0.25) is 0 Å². The number of halogens is 4. The highest BCUT2D eigenvalue weighted by atomic mass is 35.6. The molecule has 0 radical (unpaired) electrons. The van der Waals surface area contributed by atoms with Gasteiger partial charge < -0.3 is 0 Å². The zero-order valence-electron chi connectivity index (χ0n) is 8.11. The molecular formula is C9H11Cl4N. The van der Waals surface area contributed by atoms with Crippen LogP contribution in [0.4, 0.5) is 0 Å². The van der Waals surface area contributed by atoms with Gasteiger partial charge in [-0.05, 0) is 38.5 Å². The van der Waals surface area contributed by atoms with Crippen molar-refractivity contribution in [3.8, 4) is 0 Å². The fraction of sp³-hybridized carbons (Fsp3) is 0.444. The number of rotatable bonds is 0. The Labute approximate surface area is 104 Å². The van der Waals surface area contributed by atoms with Gasteiger partial charge in [-0.2, -0.15) is 0 Å². The molecule has 0 saturated heterocycles. The summed E-state index contributed by atoms with van der Waals surface area (Å²) in [4.78, 5) is 4.23. The van der Waals surface area contributed by atoms with Crippen molar-refractivity contribution in [2.45, 2.75) is 24.0 Å². The Morgan fingerprint density at radius 2 is 1.21 bits per heavy atom. The molecule has 0 unspecified atom stereocenters. The Balaban J connectivity index is 0.000000292. The van der Waals surface area contributed by atoms with E-state index in [1.54, 1.807) is 0 Å². The highest BCUT2D eigenvalue weighted by molar-refractivity contribution is 6.83. The highest BCUT2D eigenvalue weighted by Crippen LogP contribution is 2.29. The number of aromatic nitrogens is 1. The van der Waals surface area contributed by atoms with E-state index in [0.717, 1.165) is 11.4 Å². The lowest BCUT2D eigenvalue weighted by Crippen LogP contribution is -1.85. The smallest absolute Gasteiger partial charge is 0.258 e. The summed E-state index contributed by atoms with van der Waals surface area (Å²) in [5.41, 5.74) is 3.50. The number of aryl methyl sites for hydroxylation is 3. The number of alkyl halides is 4. The maximum atomic E-state index is 4.83. The van der Waals surface area contributed by atoms with Gasteiger partial charge in [-0.1, -0.05) is 46.4 Å².